The van der Waals surface area contributed by atoms with Crippen molar-refractivity contribution in [3.05, 3.63) is 41.0 Å². The summed E-state index contributed by atoms with van der Waals surface area (Å²) in [4.78, 5) is 12.4. The molecule has 0 bridgehead atoms. The average molecular weight is 369 g/mol. The summed E-state index contributed by atoms with van der Waals surface area (Å²) in [5.41, 5.74) is 1.97. The van der Waals surface area contributed by atoms with Crippen molar-refractivity contribution in [2.24, 2.45) is 5.92 Å². The van der Waals surface area contributed by atoms with Gasteiger partial charge in [0.2, 0.25) is 0 Å². The number of H-pyrrole nitrogens is 1. The Hall–Kier alpha value is -1.56. The minimum atomic E-state index is -0.113. The number of hydrogen-bond donors (Lipinski definition) is 3. The van der Waals surface area contributed by atoms with Crippen LogP contribution < -0.4 is 10.6 Å². The number of carbonyl (C=O) groups excluding carboxylic acids is 1. The molecule has 2 heterocycles. The second kappa shape index (κ2) is 9.06. The van der Waals surface area contributed by atoms with Crippen molar-refractivity contribution < 1.29 is 4.79 Å². The fraction of sp³-hybridized carbons (Fsp3) is 0.412. The monoisotopic (exact) mass is 368 g/mol. The summed E-state index contributed by atoms with van der Waals surface area (Å²) in [6, 6.07) is 7.43. The van der Waals surface area contributed by atoms with Crippen LogP contribution in [0.15, 0.2) is 30.5 Å². The van der Waals surface area contributed by atoms with Gasteiger partial charge in [-0.05, 0) is 44.3 Å². The minimum Gasteiger partial charge on any atom is -0.352 e. The maximum Gasteiger partial charge on any atom is 0.255 e. The molecule has 1 aliphatic rings. The average Bonchev–Trinajstić information content (AvgIpc) is 3.06. The van der Waals surface area contributed by atoms with Gasteiger partial charge in [0.05, 0.1) is 17.5 Å². The van der Waals surface area contributed by atoms with Crippen LogP contribution in [0.25, 0.3) is 11.3 Å². The van der Waals surface area contributed by atoms with E-state index >= 15 is 0 Å². The number of aromatic amines is 1. The summed E-state index contributed by atoms with van der Waals surface area (Å²) < 4.78 is 0. The highest BCUT2D eigenvalue weighted by Crippen LogP contribution is 2.28. The van der Waals surface area contributed by atoms with E-state index in [4.69, 9.17) is 11.6 Å². The first kappa shape index (κ1) is 18.8. The maximum atomic E-state index is 12.4. The van der Waals surface area contributed by atoms with Crippen LogP contribution in [0.1, 0.15) is 29.6 Å². The van der Waals surface area contributed by atoms with Gasteiger partial charge in [-0.2, -0.15) is 5.10 Å². The summed E-state index contributed by atoms with van der Waals surface area (Å²) in [5, 5.41) is 13.9. The zero-order valence-corrected chi connectivity index (χ0v) is 14.9. The molecule has 24 heavy (non-hydrogen) atoms. The largest absolute Gasteiger partial charge is 0.352 e. The van der Waals surface area contributed by atoms with Crippen molar-refractivity contribution in [1.82, 2.24) is 20.8 Å². The molecule has 1 atom stereocenters. The molecule has 1 amide bonds. The lowest BCUT2D eigenvalue weighted by atomic mass is 9.96. The lowest BCUT2D eigenvalue weighted by molar-refractivity contribution is 0.0951. The van der Waals surface area contributed by atoms with Gasteiger partial charge in [0.1, 0.15) is 0 Å². The van der Waals surface area contributed by atoms with Crippen LogP contribution >= 0.6 is 24.0 Å². The Morgan fingerprint density at radius 3 is 2.96 bits per heavy atom. The quantitative estimate of drug-likeness (QED) is 0.758. The maximum absolute atomic E-state index is 12.4. The number of amides is 1. The second-order valence-electron chi connectivity index (χ2n) is 5.90. The van der Waals surface area contributed by atoms with Gasteiger partial charge in [-0.25, -0.2) is 0 Å². The summed E-state index contributed by atoms with van der Waals surface area (Å²) in [6.07, 6.45) is 5.00. The van der Waals surface area contributed by atoms with E-state index < -0.39 is 0 Å². The first-order chi connectivity index (χ1) is 11.3. The van der Waals surface area contributed by atoms with Crippen molar-refractivity contribution in [3.8, 4) is 11.3 Å². The molecule has 1 aromatic heterocycles. The van der Waals surface area contributed by atoms with E-state index in [-0.39, 0.29) is 18.3 Å². The Labute approximate surface area is 153 Å². The Bertz CT molecular complexity index is 668. The van der Waals surface area contributed by atoms with Crippen LogP contribution in [0.5, 0.6) is 0 Å². The van der Waals surface area contributed by atoms with E-state index in [1.165, 1.54) is 12.8 Å². The van der Waals surface area contributed by atoms with Gasteiger partial charge in [-0.3, -0.25) is 9.89 Å². The minimum absolute atomic E-state index is 0. The van der Waals surface area contributed by atoms with Crippen LogP contribution in [0.2, 0.25) is 5.02 Å². The van der Waals surface area contributed by atoms with E-state index in [2.05, 4.69) is 20.8 Å². The first-order valence-electron chi connectivity index (χ1n) is 8.03. The molecule has 0 radical (unpaired) electrons. The van der Waals surface area contributed by atoms with Crippen molar-refractivity contribution >= 4 is 29.9 Å². The third kappa shape index (κ3) is 4.50. The molecule has 1 aliphatic heterocycles. The molecule has 0 aliphatic carbocycles. The van der Waals surface area contributed by atoms with Gasteiger partial charge in [0.25, 0.3) is 5.91 Å². The fourth-order valence-electron chi connectivity index (χ4n) is 2.98. The molecule has 1 saturated heterocycles. The smallest absolute Gasteiger partial charge is 0.255 e. The molecule has 7 heteroatoms. The van der Waals surface area contributed by atoms with E-state index in [1.54, 1.807) is 12.3 Å². The van der Waals surface area contributed by atoms with E-state index in [9.17, 15) is 4.79 Å². The highest BCUT2D eigenvalue weighted by Gasteiger charge is 2.18. The summed E-state index contributed by atoms with van der Waals surface area (Å²) >= 11 is 6.21. The van der Waals surface area contributed by atoms with Crippen LogP contribution in [0.4, 0.5) is 0 Å². The number of hydrogen-bond acceptors (Lipinski definition) is 3. The summed E-state index contributed by atoms with van der Waals surface area (Å²) in [5.74, 6) is 0.536. The van der Waals surface area contributed by atoms with E-state index in [1.807, 2.05) is 18.2 Å². The normalized spacial score (nSPS) is 17.1. The first-order valence-corrected chi connectivity index (χ1v) is 8.40. The molecule has 0 spiro atoms. The molecule has 1 fully saturated rings. The predicted molar refractivity (Wildman–Crippen MR) is 98.8 cm³/mol. The zero-order valence-electron chi connectivity index (χ0n) is 13.3. The summed E-state index contributed by atoms with van der Waals surface area (Å²) in [6.45, 7) is 2.84. The van der Waals surface area contributed by atoms with E-state index in [0.29, 0.717) is 28.7 Å². The third-order valence-corrected chi connectivity index (χ3v) is 4.59. The van der Waals surface area contributed by atoms with Gasteiger partial charge >= 0.3 is 0 Å². The molecule has 3 N–H and O–H groups in total. The SMILES string of the molecule is Cl.O=C(NCCC1CCCNC1)c1cn[nH]c1-c1ccccc1Cl. The second-order valence-corrected chi connectivity index (χ2v) is 6.30. The number of nitrogens with zero attached hydrogens (tertiary/aromatic N) is 1. The van der Waals surface area contributed by atoms with Gasteiger partial charge in [0.15, 0.2) is 0 Å². The van der Waals surface area contributed by atoms with Crippen LogP contribution in [-0.4, -0.2) is 35.7 Å². The van der Waals surface area contributed by atoms with Crippen LogP contribution in [-0.2, 0) is 0 Å². The number of carbonyl (C=O) groups is 1. The predicted octanol–water partition coefficient (Wildman–Crippen LogP) is 3.27. The molecular formula is C17H22Cl2N4O. The van der Waals surface area contributed by atoms with Gasteiger partial charge in [-0.15, -0.1) is 12.4 Å². The lowest BCUT2D eigenvalue weighted by Gasteiger charge is -2.22. The zero-order chi connectivity index (χ0) is 16.1. The lowest BCUT2D eigenvalue weighted by Crippen LogP contribution is -2.33. The fourth-order valence-corrected chi connectivity index (χ4v) is 3.21. The van der Waals surface area contributed by atoms with Gasteiger partial charge in [0, 0.05) is 17.1 Å². The number of rotatable bonds is 5. The van der Waals surface area contributed by atoms with E-state index in [0.717, 1.165) is 25.1 Å². The Balaban J connectivity index is 0.00000208. The molecule has 0 saturated carbocycles. The Kier molecular flexibility index (Phi) is 7.09. The Morgan fingerprint density at radius 2 is 2.21 bits per heavy atom. The topological polar surface area (TPSA) is 69.8 Å². The number of piperidine rings is 1. The molecule has 1 aromatic carbocycles. The highest BCUT2D eigenvalue weighted by molar-refractivity contribution is 6.33. The van der Waals surface area contributed by atoms with Crippen LogP contribution in [0, 0.1) is 5.92 Å². The molecule has 3 rings (SSSR count). The van der Waals surface area contributed by atoms with Crippen molar-refractivity contribution in [2.45, 2.75) is 19.3 Å². The molecule has 1 unspecified atom stereocenters. The molecule has 5 nitrogen and oxygen atoms in total. The highest BCUT2D eigenvalue weighted by atomic mass is 35.5. The Morgan fingerprint density at radius 1 is 1.38 bits per heavy atom. The molecular weight excluding hydrogens is 347 g/mol. The number of aromatic nitrogens is 2. The third-order valence-electron chi connectivity index (χ3n) is 4.26. The summed E-state index contributed by atoms with van der Waals surface area (Å²) in [7, 11) is 0. The van der Waals surface area contributed by atoms with Crippen molar-refractivity contribution in [1.29, 1.82) is 0 Å². The van der Waals surface area contributed by atoms with Crippen LogP contribution in [0.3, 0.4) is 0 Å². The number of halogens is 2. The van der Waals surface area contributed by atoms with Crippen molar-refractivity contribution in [2.75, 3.05) is 19.6 Å². The van der Waals surface area contributed by atoms with Gasteiger partial charge in [-0.1, -0.05) is 29.8 Å². The number of nitrogens with one attached hydrogen (secondary N) is 3. The number of benzene rings is 1. The standard InChI is InChI=1S/C17H21ClN4O.ClH/c18-15-6-2-1-5-13(15)16-14(11-21-22-16)17(23)20-9-7-12-4-3-8-19-10-12;/h1-2,5-6,11-12,19H,3-4,7-10H2,(H,20,23)(H,21,22);1H. The van der Waals surface area contributed by atoms with Crippen molar-refractivity contribution in [3.63, 3.8) is 0 Å². The molecule has 130 valence electrons. The molecule has 2 aromatic rings. The van der Waals surface area contributed by atoms with Gasteiger partial charge < -0.3 is 10.6 Å².